The van der Waals surface area contributed by atoms with Gasteiger partial charge in [-0.25, -0.2) is 4.98 Å². The average Bonchev–Trinajstić information content (AvgIpc) is 2.48. The fraction of sp³-hybridized carbons (Fsp3) is 0.333. The van der Waals surface area contributed by atoms with E-state index in [-0.39, 0.29) is 0 Å². The van der Waals surface area contributed by atoms with E-state index in [1.807, 2.05) is 0 Å². The number of aryl methyl sites for hydroxylation is 1. The summed E-state index contributed by atoms with van der Waals surface area (Å²) in [6, 6.07) is 8.70. The minimum absolute atomic E-state index is 0.309. The third-order valence-corrected chi connectivity index (χ3v) is 2.91. The van der Waals surface area contributed by atoms with Crippen LogP contribution in [0.3, 0.4) is 0 Å². The first kappa shape index (κ1) is 13.3. The third kappa shape index (κ3) is 3.02. The number of ether oxygens (including phenoxy) is 2. The van der Waals surface area contributed by atoms with E-state index in [0.29, 0.717) is 11.9 Å². The highest BCUT2D eigenvalue weighted by Crippen LogP contribution is 2.28. The summed E-state index contributed by atoms with van der Waals surface area (Å²) in [4.78, 5) is 8.32. The lowest BCUT2D eigenvalue weighted by Gasteiger charge is -2.09. The lowest BCUT2D eigenvalue weighted by atomic mass is 10.0. The van der Waals surface area contributed by atoms with E-state index in [2.05, 4.69) is 41.2 Å². The van der Waals surface area contributed by atoms with Gasteiger partial charge in [0.2, 0.25) is 5.88 Å². The summed E-state index contributed by atoms with van der Waals surface area (Å²) < 4.78 is 10.3. The second-order valence-electron chi connectivity index (χ2n) is 4.23. The molecule has 0 bridgehead atoms. The van der Waals surface area contributed by atoms with Gasteiger partial charge in [0.15, 0.2) is 0 Å². The molecule has 0 aliphatic heterocycles. The Kier molecular flexibility index (Phi) is 4.34. The highest BCUT2D eigenvalue weighted by Gasteiger charge is 2.10. The molecule has 0 unspecified atom stereocenters. The Morgan fingerprint density at radius 1 is 1.05 bits per heavy atom. The summed E-state index contributed by atoms with van der Waals surface area (Å²) in [7, 11) is 3.13. The van der Waals surface area contributed by atoms with Crippen molar-refractivity contribution in [3.8, 4) is 23.0 Å². The van der Waals surface area contributed by atoms with E-state index < -0.39 is 0 Å². The van der Waals surface area contributed by atoms with Crippen molar-refractivity contribution in [3.63, 3.8) is 0 Å². The molecule has 1 aromatic carbocycles. The van der Waals surface area contributed by atoms with Crippen LogP contribution < -0.4 is 9.47 Å². The van der Waals surface area contributed by atoms with E-state index in [1.54, 1.807) is 13.3 Å². The molecule has 0 saturated heterocycles. The molecule has 0 saturated carbocycles. The van der Waals surface area contributed by atoms with Gasteiger partial charge in [-0.3, -0.25) is 0 Å². The molecule has 0 amide bonds. The second kappa shape index (κ2) is 6.18. The summed E-state index contributed by atoms with van der Waals surface area (Å²) in [5, 5.41) is 0. The quantitative estimate of drug-likeness (QED) is 0.826. The second-order valence-corrected chi connectivity index (χ2v) is 4.23. The highest BCUT2D eigenvalue weighted by atomic mass is 16.5. The zero-order valence-electron chi connectivity index (χ0n) is 11.5. The lowest BCUT2D eigenvalue weighted by molar-refractivity contribution is 0.353. The topological polar surface area (TPSA) is 44.2 Å². The lowest BCUT2D eigenvalue weighted by Crippen LogP contribution is -1.97. The van der Waals surface area contributed by atoms with Gasteiger partial charge in [0.1, 0.15) is 0 Å². The Bertz CT molecular complexity index is 538. The minimum Gasteiger partial charge on any atom is -0.480 e. The molecule has 0 N–H and O–H groups in total. The summed E-state index contributed by atoms with van der Waals surface area (Å²) in [6.07, 6.45) is 3.96. The SMILES string of the molecule is CCCc1ccc(-c2cnc(OC)nc2OC)cc1. The van der Waals surface area contributed by atoms with Gasteiger partial charge in [-0.2, -0.15) is 4.98 Å². The summed E-state index contributed by atoms with van der Waals surface area (Å²) >= 11 is 0. The molecule has 0 fully saturated rings. The number of aromatic nitrogens is 2. The standard InChI is InChI=1S/C15H18N2O2/c1-4-5-11-6-8-12(9-7-11)13-10-16-15(19-3)17-14(13)18-2/h6-10H,4-5H2,1-3H3. The first-order valence-corrected chi connectivity index (χ1v) is 6.32. The van der Waals surface area contributed by atoms with Crippen LogP contribution in [0.5, 0.6) is 11.9 Å². The smallest absolute Gasteiger partial charge is 0.319 e. The average molecular weight is 258 g/mol. The van der Waals surface area contributed by atoms with Crippen molar-refractivity contribution in [2.24, 2.45) is 0 Å². The molecule has 0 radical (unpaired) electrons. The van der Waals surface area contributed by atoms with E-state index in [1.165, 1.54) is 12.7 Å². The van der Waals surface area contributed by atoms with Gasteiger partial charge in [-0.05, 0) is 17.5 Å². The minimum atomic E-state index is 0.309. The fourth-order valence-corrected chi connectivity index (χ4v) is 1.94. The van der Waals surface area contributed by atoms with E-state index in [0.717, 1.165) is 24.0 Å². The van der Waals surface area contributed by atoms with E-state index in [9.17, 15) is 0 Å². The van der Waals surface area contributed by atoms with Crippen molar-refractivity contribution in [1.82, 2.24) is 9.97 Å². The monoisotopic (exact) mass is 258 g/mol. The molecule has 1 heterocycles. The van der Waals surface area contributed by atoms with Crippen molar-refractivity contribution in [1.29, 1.82) is 0 Å². The molecule has 4 heteroatoms. The van der Waals surface area contributed by atoms with Crippen molar-refractivity contribution in [2.75, 3.05) is 14.2 Å². The number of hydrogen-bond donors (Lipinski definition) is 0. The van der Waals surface area contributed by atoms with Crippen LogP contribution in [0.15, 0.2) is 30.5 Å². The molecule has 0 spiro atoms. The summed E-state index contributed by atoms with van der Waals surface area (Å²) in [6.45, 7) is 2.17. The fourth-order valence-electron chi connectivity index (χ4n) is 1.94. The number of hydrogen-bond acceptors (Lipinski definition) is 4. The molecule has 1 aromatic heterocycles. The van der Waals surface area contributed by atoms with Gasteiger partial charge in [0.25, 0.3) is 0 Å². The van der Waals surface area contributed by atoms with E-state index in [4.69, 9.17) is 9.47 Å². The Morgan fingerprint density at radius 2 is 1.79 bits per heavy atom. The van der Waals surface area contributed by atoms with Crippen LogP contribution in [0, 0.1) is 0 Å². The van der Waals surface area contributed by atoms with Gasteiger partial charge in [-0.1, -0.05) is 37.6 Å². The Hall–Kier alpha value is -2.10. The maximum absolute atomic E-state index is 5.29. The number of benzene rings is 1. The van der Waals surface area contributed by atoms with Crippen LogP contribution in [0.4, 0.5) is 0 Å². The van der Waals surface area contributed by atoms with Crippen LogP contribution in [-0.2, 0) is 6.42 Å². The summed E-state index contributed by atoms with van der Waals surface area (Å²) in [5.41, 5.74) is 3.24. The van der Waals surface area contributed by atoms with Gasteiger partial charge in [-0.15, -0.1) is 0 Å². The van der Waals surface area contributed by atoms with Gasteiger partial charge in [0.05, 0.1) is 19.8 Å². The molecule has 19 heavy (non-hydrogen) atoms. The molecule has 4 nitrogen and oxygen atoms in total. The van der Waals surface area contributed by atoms with Crippen molar-refractivity contribution < 1.29 is 9.47 Å². The van der Waals surface area contributed by atoms with Crippen LogP contribution in [0.25, 0.3) is 11.1 Å². The number of rotatable bonds is 5. The predicted molar refractivity (Wildman–Crippen MR) is 74.6 cm³/mol. The molecule has 2 aromatic rings. The van der Waals surface area contributed by atoms with Crippen LogP contribution in [-0.4, -0.2) is 24.2 Å². The van der Waals surface area contributed by atoms with Crippen molar-refractivity contribution >= 4 is 0 Å². The molecule has 0 atom stereocenters. The number of nitrogens with zero attached hydrogens (tertiary/aromatic N) is 2. The molecule has 0 aliphatic carbocycles. The highest BCUT2D eigenvalue weighted by molar-refractivity contribution is 5.68. The van der Waals surface area contributed by atoms with Crippen LogP contribution in [0.2, 0.25) is 0 Å². The zero-order chi connectivity index (χ0) is 13.7. The molecular weight excluding hydrogens is 240 g/mol. The van der Waals surface area contributed by atoms with Gasteiger partial charge in [0, 0.05) is 6.20 Å². The van der Waals surface area contributed by atoms with Gasteiger partial charge >= 0.3 is 6.01 Å². The van der Waals surface area contributed by atoms with Crippen LogP contribution >= 0.6 is 0 Å². The maximum Gasteiger partial charge on any atom is 0.319 e. The molecule has 2 rings (SSSR count). The predicted octanol–water partition coefficient (Wildman–Crippen LogP) is 3.11. The first-order valence-electron chi connectivity index (χ1n) is 6.32. The van der Waals surface area contributed by atoms with E-state index >= 15 is 0 Å². The zero-order valence-corrected chi connectivity index (χ0v) is 11.5. The van der Waals surface area contributed by atoms with Crippen molar-refractivity contribution in [3.05, 3.63) is 36.0 Å². The summed E-state index contributed by atoms with van der Waals surface area (Å²) in [5.74, 6) is 0.523. The Balaban J connectivity index is 2.35. The van der Waals surface area contributed by atoms with Gasteiger partial charge < -0.3 is 9.47 Å². The third-order valence-electron chi connectivity index (χ3n) is 2.91. The van der Waals surface area contributed by atoms with Crippen molar-refractivity contribution in [2.45, 2.75) is 19.8 Å². The number of methoxy groups -OCH3 is 2. The maximum atomic E-state index is 5.29. The molecule has 0 aliphatic rings. The molecular formula is C15H18N2O2. The first-order chi connectivity index (χ1) is 9.28. The van der Waals surface area contributed by atoms with Crippen LogP contribution in [0.1, 0.15) is 18.9 Å². The normalized spacial score (nSPS) is 10.3. The largest absolute Gasteiger partial charge is 0.480 e. The Morgan fingerprint density at radius 3 is 2.37 bits per heavy atom. The molecule has 100 valence electrons. The Labute approximate surface area is 113 Å².